The van der Waals surface area contributed by atoms with Gasteiger partial charge in [-0.1, -0.05) is 18.2 Å². The molecule has 0 saturated carbocycles. The number of furan rings is 1. The molecule has 1 amide bonds. The number of hydrogen-bond donors (Lipinski definition) is 1. The highest BCUT2D eigenvalue weighted by Crippen LogP contribution is 2.25. The standard InChI is InChI=1S/C19H20N2O4S/c22-19(17-12-20-18-6-2-1-5-16(17)18)21-9-7-15(8-10-21)26(23,24)13-14-4-3-11-25-14/h1-6,11-12,15,20H,7-10,13H2. The first-order valence-corrected chi connectivity index (χ1v) is 10.4. The zero-order chi connectivity index (χ0) is 18.1. The Bertz CT molecular complexity index is 1010. The second-order valence-electron chi connectivity index (χ2n) is 6.63. The minimum absolute atomic E-state index is 0.0515. The van der Waals surface area contributed by atoms with Crippen LogP contribution >= 0.6 is 0 Å². The normalized spacial score (nSPS) is 16.2. The second kappa shape index (κ2) is 6.64. The molecule has 1 aliphatic heterocycles. The summed E-state index contributed by atoms with van der Waals surface area (Å²) in [7, 11) is -3.28. The SMILES string of the molecule is O=C(c1c[nH]c2ccccc12)N1CCC(S(=O)(=O)Cc2ccco2)CC1. The smallest absolute Gasteiger partial charge is 0.256 e. The van der Waals surface area contributed by atoms with E-state index in [0.717, 1.165) is 10.9 Å². The van der Waals surface area contributed by atoms with Crippen molar-refractivity contribution in [2.24, 2.45) is 0 Å². The summed E-state index contributed by atoms with van der Waals surface area (Å²) in [6.45, 7) is 0.890. The number of rotatable bonds is 4. The molecule has 136 valence electrons. The lowest BCUT2D eigenvalue weighted by molar-refractivity contribution is 0.0727. The minimum atomic E-state index is -3.28. The number of aromatic nitrogens is 1. The van der Waals surface area contributed by atoms with Gasteiger partial charge in [0.25, 0.3) is 5.91 Å². The Kier molecular flexibility index (Phi) is 4.32. The molecule has 0 bridgehead atoms. The van der Waals surface area contributed by atoms with Crippen LogP contribution in [0.2, 0.25) is 0 Å². The molecule has 0 spiro atoms. The Hall–Kier alpha value is -2.54. The van der Waals surface area contributed by atoms with E-state index in [2.05, 4.69) is 4.98 Å². The summed E-state index contributed by atoms with van der Waals surface area (Å²) in [6, 6.07) is 11.0. The van der Waals surface area contributed by atoms with Crippen molar-refractivity contribution in [3.05, 3.63) is 60.2 Å². The van der Waals surface area contributed by atoms with Gasteiger partial charge in [-0.15, -0.1) is 0 Å². The van der Waals surface area contributed by atoms with Gasteiger partial charge in [0, 0.05) is 30.2 Å². The zero-order valence-electron chi connectivity index (χ0n) is 14.2. The van der Waals surface area contributed by atoms with Crippen molar-refractivity contribution in [3.8, 4) is 0 Å². The summed E-state index contributed by atoms with van der Waals surface area (Å²) < 4.78 is 30.3. The molecule has 1 fully saturated rings. The first-order chi connectivity index (χ1) is 12.5. The van der Waals surface area contributed by atoms with E-state index in [1.165, 1.54) is 6.26 Å². The number of amides is 1. The van der Waals surface area contributed by atoms with Crippen LogP contribution in [0.5, 0.6) is 0 Å². The number of aromatic amines is 1. The third kappa shape index (κ3) is 3.14. The van der Waals surface area contributed by atoms with E-state index in [4.69, 9.17) is 4.42 Å². The van der Waals surface area contributed by atoms with E-state index >= 15 is 0 Å². The van der Waals surface area contributed by atoms with Crippen molar-refractivity contribution >= 4 is 26.6 Å². The molecule has 0 unspecified atom stereocenters. The first-order valence-electron chi connectivity index (χ1n) is 8.64. The number of H-pyrrole nitrogens is 1. The molecule has 3 aromatic rings. The number of piperidine rings is 1. The van der Waals surface area contributed by atoms with E-state index in [1.54, 1.807) is 23.2 Å². The van der Waals surface area contributed by atoms with Crippen LogP contribution in [0, 0.1) is 0 Å². The van der Waals surface area contributed by atoms with Gasteiger partial charge in [0.15, 0.2) is 9.84 Å². The number of nitrogens with zero attached hydrogens (tertiary/aromatic N) is 1. The lowest BCUT2D eigenvalue weighted by Crippen LogP contribution is -2.42. The van der Waals surface area contributed by atoms with Gasteiger partial charge in [-0.05, 0) is 31.0 Å². The molecule has 1 saturated heterocycles. The Morgan fingerprint density at radius 3 is 2.65 bits per heavy atom. The fraction of sp³-hybridized carbons (Fsp3) is 0.316. The largest absolute Gasteiger partial charge is 0.468 e. The average Bonchev–Trinajstić information content (AvgIpc) is 3.30. The van der Waals surface area contributed by atoms with Crippen molar-refractivity contribution in [1.82, 2.24) is 9.88 Å². The van der Waals surface area contributed by atoms with E-state index in [0.29, 0.717) is 37.3 Å². The van der Waals surface area contributed by atoms with Crippen LogP contribution in [0.25, 0.3) is 10.9 Å². The predicted molar refractivity (Wildman–Crippen MR) is 98.6 cm³/mol. The van der Waals surface area contributed by atoms with Gasteiger partial charge >= 0.3 is 0 Å². The predicted octanol–water partition coefficient (Wildman–Crippen LogP) is 2.98. The molecule has 4 rings (SSSR count). The Labute approximate surface area is 151 Å². The van der Waals surface area contributed by atoms with Gasteiger partial charge in [0.1, 0.15) is 11.5 Å². The van der Waals surface area contributed by atoms with Crippen LogP contribution in [0.3, 0.4) is 0 Å². The third-order valence-corrected chi connectivity index (χ3v) is 7.15. The third-order valence-electron chi connectivity index (χ3n) is 4.98. The molecule has 1 aliphatic rings. The summed E-state index contributed by atoms with van der Waals surface area (Å²) in [4.78, 5) is 17.7. The maximum atomic E-state index is 12.8. The molecule has 7 heteroatoms. The summed E-state index contributed by atoms with van der Waals surface area (Å²) in [5.41, 5.74) is 1.56. The van der Waals surface area contributed by atoms with Crippen LogP contribution in [-0.2, 0) is 15.6 Å². The highest BCUT2D eigenvalue weighted by Gasteiger charge is 2.32. The molecular formula is C19H20N2O4S. The van der Waals surface area contributed by atoms with Crippen molar-refractivity contribution in [2.75, 3.05) is 13.1 Å². The number of carbonyl (C=O) groups excluding carboxylic acids is 1. The number of benzene rings is 1. The Morgan fingerprint density at radius 2 is 1.92 bits per heavy atom. The summed E-state index contributed by atoms with van der Waals surface area (Å²) in [6.07, 6.45) is 4.12. The zero-order valence-corrected chi connectivity index (χ0v) is 15.0. The molecule has 1 aromatic carbocycles. The monoisotopic (exact) mass is 372 g/mol. The lowest BCUT2D eigenvalue weighted by Gasteiger charge is -2.31. The highest BCUT2D eigenvalue weighted by molar-refractivity contribution is 7.91. The maximum Gasteiger partial charge on any atom is 0.256 e. The van der Waals surface area contributed by atoms with Crippen molar-refractivity contribution in [3.63, 3.8) is 0 Å². The molecule has 3 heterocycles. The van der Waals surface area contributed by atoms with E-state index in [-0.39, 0.29) is 11.7 Å². The molecule has 0 atom stereocenters. The second-order valence-corrected chi connectivity index (χ2v) is 8.91. The number of carbonyl (C=O) groups is 1. The van der Waals surface area contributed by atoms with Crippen LogP contribution in [-0.4, -0.2) is 42.5 Å². The number of likely N-dealkylation sites (tertiary alicyclic amines) is 1. The van der Waals surface area contributed by atoms with E-state index in [1.807, 2.05) is 24.3 Å². The lowest BCUT2D eigenvalue weighted by atomic mass is 10.1. The van der Waals surface area contributed by atoms with Gasteiger partial charge in [0.05, 0.1) is 17.1 Å². The quantitative estimate of drug-likeness (QED) is 0.763. The number of para-hydroxylation sites is 1. The van der Waals surface area contributed by atoms with E-state index < -0.39 is 15.1 Å². The Morgan fingerprint density at radius 1 is 1.15 bits per heavy atom. The van der Waals surface area contributed by atoms with Crippen LogP contribution < -0.4 is 0 Å². The minimum Gasteiger partial charge on any atom is -0.468 e. The molecule has 0 aliphatic carbocycles. The van der Waals surface area contributed by atoms with Gasteiger partial charge in [0.2, 0.25) is 0 Å². The topological polar surface area (TPSA) is 83.4 Å². The fourth-order valence-corrected chi connectivity index (χ4v) is 5.27. The van der Waals surface area contributed by atoms with Gasteiger partial charge in [-0.2, -0.15) is 0 Å². The number of nitrogens with one attached hydrogen (secondary N) is 1. The Balaban J connectivity index is 1.44. The van der Waals surface area contributed by atoms with Crippen LogP contribution in [0.1, 0.15) is 29.0 Å². The highest BCUT2D eigenvalue weighted by atomic mass is 32.2. The number of hydrogen-bond acceptors (Lipinski definition) is 4. The van der Waals surface area contributed by atoms with Crippen molar-refractivity contribution < 1.29 is 17.6 Å². The van der Waals surface area contributed by atoms with Crippen LogP contribution in [0.15, 0.2) is 53.3 Å². The number of fused-ring (bicyclic) bond motifs is 1. The average molecular weight is 372 g/mol. The van der Waals surface area contributed by atoms with Gasteiger partial charge in [-0.3, -0.25) is 4.79 Å². The van der Waals surface area contributed by atoms with Gasteiger partial charge in [-0.25, -0.2) is 8.42 Å². The van der Waals surface area contributed by atoms with Crippen LogP contribution in [0.4, 0.5) is 0 Å². The molecule has 2 aromatic heterocycles. The fourth-order valence-electron chi connectivity index (χ4n) is 3.55. The summed E-state index contributed by atoms with van der Waals surface area (Å²) in [5, 5.41) is 0.463. The maximum absolute atomic E-state index is 12.8. The van der Waals surface area contributed by atoms with Crippen molar-refractivity contribution in [2.45, 2.75) is 23.8 Å². The van der Waals surface area contributed by atoms with Crippen molar-refractivity contribution in [1.29, 1.82) is 0 Å². The van der Waals surface area contributed by atoms with Gasteiger partial charge < -0.3 is 14.3 Å². The molecule has 1 N–H and O–H groups in total. The summed E-state index contributed by atoms with van der Waals surface area (Å²) >= 11 is 0. The molecule has 26 heavy (non-hydrogen) atoms. The first kappa shape index (κ1) is 16.9. The number of sulfone groups is 1. The van der Waals surface area contributed by atoms with E-state index in [9.17, 15) is 13.2 Å². The summed E-state index contributed by atoms with van der Waals surface area (Å²) in [5.74, 6) is 0.327. The molecule has 0 radical (unpaired) electrons. The molecule has 6 nitrogen and oxygen atoms in total. The molecular weight excluding hydrogens is 352 g/mol.